The maximum absolute atomic E-state index is 12.9. The molecule has 8 nitrogen and oxygen atoms in total. The van der Waals surface area contributed by atoms with Crippen LogP contribution >= 0.6 is 11.6 Å². The molecule has 0 radical (unpaired) electrons. The third kappa shape index (κ3) is 6.85. The number of rotatable bonds is 9. The molecule has 0 aliphatic carbocycles. The van der Waals surface area contributed by atoms with E-state index in [0.717, 1.165) is 16.9 Å². The molecular formula is C28H30ClN3O5. The third-order valence-electron chi connectivity index (χ3n) is 6.36. The molecule has 0 spiro atoms. The van der Waals surface area contributed by atoms with E-state index in [4.69, 9.17) is 25.8 Å². The number of methoxy groups -OCH3 is 2. The van der Waals surface area contributed by atoms with Crippen LogP contribution in [0.15, 0.2) is 66.9 Å². The van der Waals surface area contributed by atoms with Crippen LogP contribution in [0.1, 0.15) is 37.9 Å². The van der Waals surface area contributed by atoms with Crippen molar-refractivity contribution in [2.45, 2.75) is 12.7 Å². The topological polar surface area (TPSA) is 81.2 Å². The number of carbonyl (C=O) groups is 2. The normalized spacial score (nSPS) is 14.7. The van der Waals surface area contributed by atoms with Gasteiger partial charge in [0.2, 0.25) is 0 Å². The summed E-state index contributed by atoms with van der Waals surface area (Å²) < 4.78 is 16.6. The highest BCUT2D eigenvalue weighted by molar-refractivity contribution is 6.32. The van der Waals surface area contributed by atoms with E-state index in [1.54, 1.807) is 37.6 Å². The number of hydrogen-bond donors (Lipinski definition) is 0. The lowest BCUT2D eigenvalue weighted by Crippen LogP contribution is -2.49. The highest BCUT2D eigenvalue weighted by Crippen LogP contribution is 2.25. The summed E-state index contributed by atoms with van der Waals surface area (Å²) in [6.07, 6.45) is 1.36. The van der Waals surface area contributed by atoms with Crippen LogP contribution in [0.5, 0.6) is 5.75 Å². The number of esters is 1. The molecular weight excluding hydrogens is 494 g/mol. The number of piperazine rings is 1. The minimum Gasteiger partial charge on any atom is -0.497 e. The SMILES string of the molecule is COC(=O)c1ccc(CO[C@@H](CN2CCN(C(=O)c3cccnc3Cl)CC2)c2cccc(OC)c2)cc1. The molecule has 2 heterocycles. The molecule has 194 valence electrons. The summed E-state index contributed by atoms with van der Waals surface area (Å²) in [5.41, 5.74) is 2.87. The Morgan fingerprint density at radius 1 is 1.00 bits per heavy atom. The van der Waals surface area contributed by atoms with E-state index < -0.39 is 0 Å². The fourth-order valence-electron chi connectivity index (χ4n) is 4.23. The number of aromatic nitrogens is 1. The number of carbonyl (C=O) groups excluding carboxylic acids is 2. The van der Waals surface area contributed by atoms with E-state index in [1.165, 1.54) is 7.11 Å². The van der Waals surface area contributed by atoms with Crippen molar-refractivity contribution in [1.82, 2.24) is 14.8 Å². The largest absolute Gasteiger partial charge is 0.497 e. The molecule has 0 unspecified atom stereocenters. The molecule has 9 heteroatoms. The Bertz CT molecular complexity index is 1210. The van der Waals surface area contributed by atoms with Crippen molar-refractivity contribution in [1.29, 1.82) is 0 Å². The average Bonchev–Trinajstić information content (AvgIpc) is 2.95. The monoisotopic (exact) mass is 523 g/mol. The fraction of sp³-hybridized carbons (Fsp3) is 0.321. The molecule has 1 saturated heterocycles. The van der Waals surface area contributed by atoms with Crippen LogP contribution in [0, 0.1) is 0 Å². The lowest BCUT2D eigenvalue weighted by atomic mass is 10.1. The van der Waals surface area contributed by atoms with Gasteiger partial charge < -0.3 is 19.1 Å². The van der Waals surface area contributed by atoms with Gasteiger partial charge >= 0.3 is 5.97 Å². The van der Waals surface area contributed by atoms with Gasteiger partial charge in [-0.25, -0.2) is 9.78 Å². The number of amides is 1. The van der Waals surface area contributed by atoms with Crippen LogP contribution in [0.3, 0.4) is 0 Å². The van der Waals surface area contributed by atoms with Crippen molar-refractivity contribution in [2.75, 3.05) is 46.9 Å². The molecule has 0 N–H and O–H groups in total. The van der Waals surface area contributed by atoms with Gasteiger partial charge in [-0.2, -0.15) is 0 Å². The molecule has 0 bridgehead atoms. The van der Waals surface area contributed by atoms with Gasteiger partial charge in [-0.05, 0) is 47.5 Å². The molecule has 1 aliphatic heterocycles. The van der Waals surface area contributed by atoms with Crippen LogP contribution in [0.25, 0.3) is 0 Å². The summed E-state index contributed by atoms with van der Waals surface area (Å²) in [6, 6.07) is 18.5. The average molecular weight is 524 g/mol. The first-order valence-electron chi connectivity index (χ1n) is 12.0. The predicted molar refractivity (Wildman–Crippen MR) is 140 cm³/mol. The Kier molecular flexibility index (Phi) is 9.11. The lowest BCUT2D eigenvalue weighted by Gasteiger charge is -2.36. The lowest BCUT2D eigenvalue weighted by molar-refractivity contribution is 0.00331. The molecule has 37 heavy (non-hydrogen) atoms. The molecule has 1 aliphatic rings. The minimum atomic E-state index is -0.370. The van der Waals surface area contributed by atoms with Gasteiger partial charge in [-0.15, -0.1) is 0 Å². The zero-order valence-electron chi connectivity index (χ0n) is 20.9. The Morgan fingerprint density at radius 2 is 1.76 bits per heavy atom. The van der Waals surface area contributed by atoms with Crippen molar-refractivity contribution >= 4 is 23.5 Å². The van der Waals surface area contributed by atoms with Gasteiger partial charge in [-0.3, -0.25) is 9.69 Å². The maximum Gasteiger partial charge on any atom is 0.337 e. The van der Waals surface area contributed by atoms with E-state index in [9.17, 15) is 9.59 Å². The van der Waals surface area contributed by atoms with Crippen LogP contribution < -0.4 is 4.74 Å². The van der Waals surface area contributed by atoms with E-state index >= 15 is 0 Å². The smallest absolute Gasteiger partial charge is 0.337 e. The standard InChI is InChI=1S/C28H30ClN3O5/c1-35-23-6-3-5-22(17-23)25(37-19-20-8-10-21(11-9-20)28(34)36-2)18-31-13-15-32(16-14-31)27(33)24-7-4-12-30-26(24)29/h3-12,17,25H,13-16,18-19H2,1-2H3/t25-/m0/s1. The summed E-state index contributed by atoms with van der Waals surface area (Å²) in [4.78, 5) is 32.7. The third-order valence-corrected chi connectivity index (χ3v) is 6.67. The summed E-state index contributed by atoms with van der Waals surface area (Å²) >= 11 is 6.13. The number of halogens is 1. The number of hydrogen-bond acceptors (Lipinski definition) is 7. The first-order valence-corrected chi connectivity index (χ1v) is 12.4. The Hall–Kier alpha value is -3.46. The molecule has 1 fully saturated rings. The zero-order chi connectivity index (χ0) is 26.2. The first kappa shape index (κ1) is 26.6. The predicted octanol–water partition coefficient (Wildman–Crippen LogP) is 4.25. The van der Waals surface area contributed by atoms with Crippen molar-refractivity contribution in [2.24, 2.45) is 0 Å². The highest BCUT2D eigenvalue weighted by Gasteiger charge is 2.26. The Morgan fingerprint density at radius 3 is 2.43 bits per heavy atom. The molecule has 4 rings (SSSR count). The van der Waals surface area contributed by atoms with E-state index in [-0.39, 0.29) is 23.1 Å². The number of nitrogens with zero attached hydrogens (tertiary/aromatic N) is 3. The van der Waals surface area contributed by atoms with Crippen LogP contribution in [0.2, 0.25) is 5.15 Å². The highest BCUT2D eigenvalue weighted by atomic mass is 35.5. The second-order valence-corrected chi connectivity index (χ2v) is 9.06. The van der Waals surface area contributed by atoms with E-state index in [2.05, 4.69) is 9.88 Å². The summed E-state index contributed by atoms with van der Waals surface area (Å²) in [6.45, 7) is 3.63. The van der Waals surface area contributed by atoms with E-state index in [0.29, 0.717) is 50.5 Å². The van der Waals surface area contributed by atoms with Gasteiger partial charge in [-0.1, -0.05) is 35.9 Å². The Labute approximate surface area is 221 Å². The number of ether oxygens (including phenoxy) is 3. The summed E-state index contributed by atoms with van der Waals surface area (Å²) in [5, 5.41) is 0.223. The number of benzene rings is 2. The van der Waals surface area contributed by atoms with Gasteiger partial charge in [0.05, 0.1) is 38.1 Å². The number of pyridine rings is 1. The van der Waals surface area contributed by atoms with Gasteiger partial charge in [0.1, 0.15) is 10.9 Å². The maximum atomic E-state index is 12.9. The van der Waals surface area contributed by atoms with E-state index in [1.807, 2.05) is 41.3 Å². The van der Waals surface area contributed by atoms with Crippen LogP contribution in [-0.2, 0) is 16.1 Å². The zero-order valence-corrected chi connectivity index (χ0v) is 21.7. The second kappa shape index (κ2) is 12.7. The molecule has 1 atom stereocenters. The van der Waals surface area contributed by atoms with Crippen molar-refractivity contribution in [3.63, 3.8) is 0 Å². The quantitative estimate of drug-likeness (QED) is 0.306. The molecule has 1 aromatic heterocycles. The van der Waals surface area contributed by atoms with Crippen LogP contribution in [-0.4, -0.2) is 73.6 Å². The molecule has 0 saturated carbocycles. The summed E-state index contributed by atoms with van der Waals surface area (Å²) in [5.74, 6) is 0.288. The minimum absolute atomic E-state index is 0.103. The summed E-state index contributed by atoms with van der Waals surface area (Å²) in [7, 11) is 3.00. The van der Waals surface area contributed by atoms with Gasteiger partial charge in [0.15, 0.2) is 0 Å². The van der Waals surface area contributed by atoms with Crippen LogP contribution in [0.4, 0.5) is 0 Å². The van der Waals surface area contributed by atoms with Crippen molar-refractivity contribution in [3.8, 4) is 5.75 Å². The fourth-order valence-corrected chi connectivity index (χ4v) is 4.43. The molecule has 2 aromatic carbocycles. The molecule has 1 amide bonds. The molecule has 3 aromatic rings. The Balaban J connectivity index is 1.41. The van der Waals surface area contributed by atoms with Gasteiger partial charge in [0.25, 0.3) is 5.91 Å². The van der Waals surface area contributed by atoms with Gasteiger partial charge in [0, 0.05) is 38.9 Å². The van der Waals surface area contributed by atoms with Crippen molar-refractivity contribution in [3.05, 3.63) is 94.3 Å². The first-order chi connectivity index (χ1) is 18.0. The second-order valence-electron chi connectivity index (χ2n) is 8.70. The van der Waals surface area contributed by atoms with Crippen molar-refractivity contribution < 1.29 is 23.8 Å².